The van der Waals surface area contributed by atoms with Gasteiger partial charge in [-0.15, -0.1) is 12.4 Å². The third kappa shape index (κ3) is 4.95. The lowest BCUT2D eigenvalue weighted by atomic mass is 9.92. The molecule has 1 heterocycles. The van der Waals surface area contributed by atoms with Crippen LogP contribution in [0.2, 0.25) is 0 Å². The number of likely N-dealkylation sites (tertiary alicyclic amines) is 1. The first kappa shape index (κ1) is 20.4. The molecule has 5 nitrogen and oxygen atoms in total. The molecule has 136 valence electrons. The highest BCUT2D eigenvalue weighted by molar-refractivity contribution is 5.95. The average Bonchev–Trinajstić information content (AvgIpc) is 2.54. The van der Waals surface area contributed by atoms with Gasteiger partial charge in [0.1, 0.15) is 0 Å². The lowest BCUT2D eigenvalue weighted by Gasteiger charge is -2.34. The van der Waals surface area contributed by atoms with Crippen LogP contribution in [-0.2, 0) is 0 Å². The number of amides is 1. The minimum absolute atomic E-state index is 0. The van der Waals surface area contributed by atoms with Crippen LogP contribution in [0.1, 0.15) is 30.1 Å². The second-order valence-electron chi connectivity index (χ2n) is 5.76. The number of carbonyl (C=O) groups is 1. The van der Waals surface area contributed by atoms with E-state index < -0.39 is 6.61 Å². The zero-order chi connectivity index (χ0) is 17.0. The molecule has 8 heteroatoms. The van der Waals surface area contributed by atoms with Crippen molar-refractivity contribution < 1.29 is 23.0 Å². The van der Waals surface area contributed by atoms with Crippen LogP contribution < -0.4 is 15.2 Å². The molecule has 0 aliphatic carbocycles. The van der Waals surface area contributed by atoms with Crippen LogP contribution in [0.5, 0.6) is 11.5 Å². The fourth-order valence-corrected chi connectivity index (χ4v) is 2.80. The molecule has 24 heavy (non-hydrogen) atoms. The summed E-state index contributed by atoms with van der Waals surface area (Å²) < 4.78 is 34.1. The molecule has 1 amide bonds. The van der Waals surface area contributed by atoms with Crippen molar-refractivity contribution in [2.75, 3.05) is 20.2 Å². The highest BCUT2D eigenvalue weighted by atomic mass is 35.5. The molecule has 2 rings (SSSR count). The van der Waals surface area contributed by atoms with E-state index in [4.69, 9.17) is 10.5 Å². The van der Waals surface area contributed by atoms with Crippen molar-refractivity contribution in [2.45, 2.75) is 32.4 Å². The molecule has 1 aromatic rings. The zero-order valence-corrected chi connectivity index (χ0v) is 14.5. The van der Waals surface area contributed by atoms with E-state index in [9.17, 15) is 13.6 Å². The lowest BCUT2D eigenvalue weighted by molar-refractivity contribution is -0.0512. The fraction of sp³-hybridized carbons (Fsp3) is 0.562. The third-order valence-electron chi connectivity index (χ3n) is 4.12. The summed E-state index contributed by atoms with van der Waals surface area (Å²) >= 11 is 0. The molecule has 2 unspecified atom stereocenters. The van der Waals surface area contributed by atoms with E-state index in [1.807, 2.05) is 6.92 Å². The molecule has 1 aliphatic heterocycles. The van der Waals surface area contributed by atoms with E-state index in [0.717, 1.165) is 12.8 Å². The summed E-state index contributed by atoms with van der Waals surface area (Å²) in [6, 6.07) is 4.25. The van der Waals surface area contributed by atoms with E-state index in [1.165, 1.54) is 25.3 Å². The largest absolute Gasteiger partial charge is 0.493 e. The van der Waals surface area contributed by atoms with Crippen molar-refractivity contribution in [1.82, 2.24) is 4.90 Å². The van der Waals surface area contributed by atoms with Crippen LogP contribution >= 0.6 is 12.4 Å². The predicted octanol–water partition coefficient (Wildman–Crippen LogP) is 2.92. The van der Waals surface area contributed by atoms with Crippen LogP contribution in [0.3, 0.4) is 0 Å². The van der Waals surface area contributed by atoms with Crippen LogP contribution in [0.4, 0.5) is 8.78 Å². The first-order valence-electron chi connectivity index (χ1n) is 7.60. The predicted molar refractivity (Wildman–Crippen MR) is 89.2 cm³/mol. The number of rotatable bonds is 5. The van der Waals surface area contributed by atoms with E-state index >= 15 is 0 Å². The molecule has 2 atom stereocenters. The fourth-order valence-electron chi connectivity index (χ4n) is 2.80. The molecule has 0 aromatic heterocycles. The third-order valence-corrected chi connectivity index (χ3v) is 4.12. The molecule has 0 saturated carbocycles. The second-order valence-corrected chi connectivity index (χ2v) is 5.76. The molecular weight excluding hydrogens is 342 g/mol. The van der Waals surface area contributed by atoms with Crippen LogP contribution in [0.15, 0.2) is 18.2 Å². The number of hydrogen-bond acceptors (Lipinski definition) is 4. The van der Waals surface area contributed by atoms with Gasteiger partial charge in [0.2, 0.25) is 0 Å². The number of alkyl halides is 2. The molecule has 1 saturated heterocycles. The smallest absolute Gasteiger partial charge is 0.387 e. The lowest BCUT2D eigenvalue weighted by Crippen LogP contribution is -2.45. The van der Waals surface area contributed by atoms with Gasteiger partial charge in [0, 0.05) is 24.7 Å². The van der Waals surface area contributed by atoms with E-state index in [1.54, 1.807) is 4.90 Å². The van der Waals surface area contributed by atoms with Gasteiger partial charge in [-0.25, -0.2) is 0 Å². The normalized spacial score (nSPS) is 18.8. The molecule has 0 bridgehead atoms. The standard InChI is InChI=1S/C16H22F2N2O3.ClH/c1-10(19)12-4-3-7-20(9-12)15(21)11-5-6-13(23-16(17)18)14(8-11)22-2;/h5-6,8,10,12,16H,3-4,7,9,19H2,1-2H3;1H. The highest BCUT2D eigenvalue weighted by Gasteiger charge is 2.27. The summed E-state index contributed by atoms with van der Waals surface area (Å²) in [6.45, 7) is 0.269. The van der Waals surface area contributed by atoms with E-state index in [-0.39, 0.29) is 41.8 Å². The Bertz CT molecular complexity index is 558. The van der Waals surface area contributed by atoms with Gasteiger partial charge in [-0.05, 0) is 43.9 Å². The van der Waals surface area contributed by atoms with Gasteiger partial charge in [-0.2, -0.15) is 8.78 Å². The minimum atomic E-state index is -2.95. The van der Waals surface area contributed by atoms with Crippen molar-refractivity contribution in [3.63, 3.8) is 0 Å². The quantitative estimate of drug-likeness (QED) is 0.872. The Hall–Kier alpha value is -1.60. The number of nitrogens with zero attached hydrogens (tertiary/aromatic N) is 1. The second kappa shape index (κ2) is 9.03. The van der Waals surface area contributed by atoms with Gasteiger partial charge in [0.15, 0.2) is 11.5 Å². The average molecular weight is 365 g/mol. The maximum Gasteiger partial charge on any atom is 0.387 e. The van der Waals surface area contributed by atoms with E-state index in [0.29, 0.717) is 18.7 Å². The van der Waals surface area contributed by atoms with Crippen LogP contribution in [-0.4, -0.2) is 43.7 Å². The van der Waals surface area contributed by atoms with Gasteiger partial charge in [0.05, 0.1) is 7.11 Å². The number of halogens is 3. The highest BCUT2D eigenvalue weighted by Crippen LogP contribution is 2.30. The summed E-state index contributed by atoms with van der Waals surface area (Å²) in [5.41, 5.74) is 6.32. The topological polar surface area (TPSA) is 64.8 Å². The number of benzene rings is 1. The van der Waals surface area contributed by atoms with Crippen molar-refractivity contribution in [3.8, 4) is 11.5 Å². The Labute approximate surface area is 146 Å². The van der Waals surface area contributed by atoms with Gasteiger partial charge < -0.3 is 20.1 Å². The monoisotopic (exact) mass is 364 g/mol. The SMILES string of the molecule is COc1cc(C(=O)N2CCCC(C(C)N)C2)ccc1OC(F)F.Cl. The van der Waals surface area contributed by atoms with Crippen LogP contribution in [0, 0.1) is 5.92 Å². The number of hydrogen-bond donors (Lipinski definition) is 1. The number of nitrogens with two attached hydrogens (primary N) is 1. The molecule has 0 radical (unpaired) electrons. The Balaban J connectivity index is 0.00000288. The number of carbonyl (C=O) groups excluding carboxylic acids is 1. The Morgan fingerprint density at radius 1 is 1.38 bits per heavy atom. The maximum absolute atomic E-state index is 12.6. The summed E-state index contributed by atoms with van der Waals surface area (Å²) in [6.07, 6.45) is 1.91. The Morgan fingerprint density at radius 3 is 2.67 bits per heavy atom. The van der Waals surface area contributed by atoms with Crippen molar-refractivity contribution >= 4 is 18.3 Å². The van der Waals surface area contributed by atoms with Gasteiger partial charge in [0.25, 0.3) is 5.91 Å². The molecule has 1 fully saturated rings. The number of piperidine rings is 1. The molecular formula is C16H23ClF2N2O3. The first-order chi connectivity index (χ1) is 10.9. The number of methoxy groups -OCH3 is 1. The van der Waals surface area contributed by atoms with Gasteiger partial charge >= 0.3 is 6.61 Å². The summed E-state index contributed by atoms with van der Waals surface area (Å²) in [5.74, 6) is 0.135. The summed E-state index contributed by atoms with van der Waals surface area (Å²) in [7, 11) is 1.34. The Kier molecular flexibility index (Phi) is 7.69. The summed E-state index contributed by atoms with van der Waals surface area (Å²) in [5, 5.41) is 0. The van der Waals surface area contributed by atoms with E-state index in [2.05, 4.69) is 4.74 Å². The number of ether oxygens (including phenoxy) is 2. The molecule has 1 aliphatic rings. The van der Waals surface area contributed by atoms with Gasteiger partial charge in [-0.1, -0.05) is 0 Å². The van der Waals surface area contributed by atoms with Crippen molar-refractivity contribution in [1.29, 1.82) is 0 Å². The van der Waals surface area contributed by atoms with Crippen molar-refractivity contribution in [2.24, 2.45) is 11.7 Å². The molecule has 0 spiro atoms. The maximum atomic E-state index is 12.6. The molecule has 2 N–H and O–H groups in total. The van der Waals surface area contributed by atoms with Gasteiger partial charge in [-0.3, -0.25) is 4.79 Å². The van der Waals surface area contributed by atoms with Crippen LogP contribution in [0.25, 0.3) is 0 Å². The summed E-state index contributed by atoms with van der Waals surface area (Å²) in [4.78, 5) is 14.4. The molecule has 1 aromatic carbocycles. The minimum Gasteiger partial charge on any atom is -0.493 e. The first-order valence-corrected chi connectivity index (χ1v) is 7.60. The Morgan fingerprint density at radius 2 is 2.08 bits per heavy atom. The zero-order valence-electron chi connectivity index (χ0n) is 13.7. The van der Waals surface area contributed by atoms with Crippen molar-refractivity contribution in [3.05, 3.63) is 23.8 Å².